The van der Waals surface area contributed by atoms with Crippen molar-refractivity contribution in [3.05, 3.63) is 46.9 Å². The van der Waals surface area contributed by atoms with Crippen molar-refractivity contribution in [1.82, 2.24) is 4.57 Å². The van der Waals surface area contributed by atoms with Crippen LogP contribution in [0.4, 0.5) is 0 Å². The van der Waals surface area contributed by atoms with Gasteiger partial charge < -0.3 is 9.30 Å². The minimum atomic E-state index is 0.261. The summed E-state index contributed by atoms with van der Waals surface area (Å²) in [5.74, 6) is 0. The van der Waals surface area contributed by atoms with Crippen LogP contribution < -0.4 is 0 Å². The van der Waals surface area contributed by atoms with Gasteiger partial charge in [-0.15, -0.1) is 0 Å². The van der Waals surface area contributed by atoms with Crippen LogP contribution in [0.1, 0.15) is 6.92 Å². The van der Waals surface area contributed by atoms with Gasteiger partial charge in [0.2, 0.25) is 0 Å². The number of benzene rings is 2. The van der Waals surface area contributed by atoms with Crippen molar-refractivity contribution in [3.63, 3.8) is 0 Å². The summed E-state index contributed by atoms with van der Waals surface area (Å²) in [6.45, 7) is 5.02. The Hall–Kier alpha value is -1.32. The van der Waals surface area contributed by atoms with Crippen molar-refractivity contribution in [2.45, 2.75) is 13.5 Å². The van der Waals surface area contributed by atoms with Gasteiger partial charge in [-0.2, -0.15) is 0 Å². The normalized spacial score (nSPS) is 17.5. The molecular formula is C17H16BrNO. The van der Waals surface area contributed by atoms with E-state index in [1.165, 1.54) is 21.8 Å². The molecule has 102 valence electrons. The quantitative estimate of drug-likeness (QED) is 0.670. The lowest BCUT2D eigenvalue weighted by Gasteiger charge is -2.38. The Balaban J connectivity index is 2.01. The predicted octanol–water partition coefficient (Wildman–Crippen LogP) is 4.59. The Morgan fingerprint density at radius 2 is 1.85 bits per heavy atom. The summed E-state index contributed by atoms with van der Waals surface area (Å²) in [6.07, 6.45) is 0. The molecule has 3 heteroatoms. The Bertz CT molecular complexity index is 801. The summed E-state index contributed by atoms with van der Waals surface area (Å²) in [7, 11) is 0. The first-order valence-corrected chi connectivity index (χ1v) is 7.70. The fourth-order valence-corrected chi connectivity index (χ4v) is 3.47. The molecule has 0 radical (unpaired) electrons. The second-order valence-electron chi connectivity index (χ2n) is 6.07. The standard InChI is InChI=1S/C17H16BrNO/c1-17(10-20-11-17)9-19-15-5-3-2-4-13(15)14-7-6-12(18)8-16(14)19/h2-8H,9-11H2,1H3. The number of halogens is 1. The van der Waals surface area contributed by atoms with Crippen LogP contribution in [0.3, 0.4) is 0 Å². The number of rotatable bonds is 2. The van der Waals surface area contributed by atoms with Crippen molar-refractivity contribution in [3.8, 4) is 0 Å². The van der Waals surface area contributed by atoms with E-state index in [0.717, 1.165) is 24.2 Å². The van der Waals surface area contributed by atoms with Crippen LogP contribution in [0, 0.1) is 5.41 Å². The van der Waals surface area contributed by atoms with Gasteiger partial charge in [-0.25, -0.2) is 0 Å². The van der Waals surface area contributed by atoms with Gasteiger partial charge in [0.1, 0.15) is 0 Å². The molecule has 3 aromatic rings. The van der Waals surface area contributed by atoms with Gasteiger partial charge in [-0.3, -0.25) is 0 Å². The van der Waals surface area contributed by atoms with E-state index in [4.69, 9.17) is 4.74 Å². The maximum absolute atomic E-state index is 5.41. The zero-order valence-corrected chi connectivity index (χ0v) is 13.0. The van der Waals surface area contributed by atoms with E-state index in [9.17, 15) is 0 Å². The summed E-state index contributed by atoms with van der Waals surface area (Å²) in [6, 6.07) is 15.2. The SMILES string of the molecule is CC1(Cn2c3ccccc3c3ccc(Br)cc32)COC1. The first-order chi connectivity index (χ1) is 9.66. The van der Waals surface area contributed by atoms with Gasteiger partial charge >= 0.3 is 0 Å². The van der Waals surface area contributed by atoms with Crippen LogP contribution in [0.15, 0.2) is 46.9 Å². The Morgan fingerprint density at radius 3 is 2.60 bits per heavy atom. The van der Waals surface area contributed by atoms with Gasteiger partial charge in [0.25, 0.3) is 0 Å². The topological polar surface area (TPSA) is 14.2 Å². The number of fused-ring (bicyclic) bond motifs is 3. The zero-order valence-electron chi connectivity index (χ0n) is 11.4. The average molecular weight is 330 g/mol. The summed E-state index contributed by atoms with van der Waals surface area (Å²) in [5.41, 5.74) is 2.87. The molecule has 1 saturated heterocycles. The average Bonchev–Trinajstić information content (AvgIpc) is 2.71. The smallest absolute Gasteiger partial charge is 0.0559 e. The second kappa shape index (κ2) is 4.34. The van der Waals surface area contributed by atoms with Crippen LogP contribution in [0.2, 0.25) is 0 Å². The lowest BCUT2D eigenvalue weighted by molar-refractivity contribution is -0.109. The molecule has 0 N–H and O–H groups in total. The third-order valence-corrected chi connectivity index (χ3v) is 4.67. The molecule has 0 saturated carbocycles. The Morgan fingerprint density at radius 1 is 1.10 bits per heavy atom. The summed E-state index contributed by atoms with van der Waals surface area (Å²) >= 11 is 3.60. The second-order valence-corrected chi connectivity index (χ2v) is 6.98. The number of hydrogen-bond donors (Lipinski definition) is 0. The minimum absolute atomic E-state index is 0.261. The van der Waals surface area contributed by atoms with Gasteiger partial charge in [-0.1, -0.05) is 47.1 Å². The van der Waals surface area contributed by atoms with Crippen molar-refractivity contribution in [1.29, 1.82) is 0 Å². The Kier molecular flexibility index (Phi) is 2.69. The summed E-state index contributed by atoms with van der Waals surface area (Å²) < 4.78 is 8.98. The monoisotopic (exact) mass is 329 g/mol. The lowest BCUT2D eigenvalue weighted by atomic mass is 9.88. The van der Waals surface area contributed by atoms with Gasteiger partial charge in [0.05, 0.1) is 18.7 Å². The lowest BCUT2D eigenvalue weighted by Crippen LogP contribution is -2.43. The zero-order chi connectivity index (χ0) is 13.7. The van der Waals surface area contributed by atoms with E-state index in [2.05, 4.69) is 69.9 Å². The highest BCUT2D eigenvalue weighted by Gasteiger charge is 2.34. The van der Waals surface area contributed by atoms with Crippen LogP contribution in [-0.4, -0.2) is 17.8 Å². The van der Waals surface area contributed by atoms with Crippen LogP contribution >= 0.6 is 15.9 Å². The van der Waals surface area contributed by atoms with Crippen molar-refractivity contribution in [2.75, 3.05) is 13.2 Å². The summed E-state index contributed by atoms with van der Waals surface area (Å²) in [4.78, 5) is 0. The highest BCUT2D eigenvalue weighted by atomic mass is 79.9. The fourth-order valence-electron chi connectivity index (χ4n) is 3.12. The third kappa shape index (κ3) is 1.80. The largest absolute Gasteiger partial charge is 0.380 e. The van der Waals surface area contributed by atoms with Gasteiger partial charge in [0, 0.05) is 32.7 Å². The van der Waals surface area contributed by atoms with Crippen molar-refractivity contribution >= 4 is 37.7 Å². The first kappa shape index (κ1) is 12.4. The minimum Gasteiger partial charge on any atom is -0.380 e. The maximum atomic E-state index is 5.41. The van der Waals surface area contributed by atoms with Crippen molar-refractivity contribution in [2.24, 2.45) is 5.41 Å². The summed E-state index contributed by atoms with van der Waals surface area (Å²) in [5, 5.41) is 2.66. The van der Waals surface area contributed by atoms with E-state index >= 15 is 0 Å². The molecule has 2 nitrogen and oxygen atoms in total. The van der Waals surface area contributed by atoms with Crippen LogP contribution in [0.25, 0.3) is 21.8 Å². The van der Waals surface area contributed by atoms with Gasteiger partial charge in [-0.05, 0) is 18.2 Å². The first-order valence-electron chi connectivity index (χ1n) is 6.91. The van der Waals surface area contributed by atoms with E-state index < -0.39 is 0 Å². The highest BCUT2D eigenvalue weighted by molar-refractivity contribution is 9.10. The molecule has 0 amide bonds. The van der Waals surface area contributed by atoms with Crippen LogP contribution in [0.5, 0.6) is 0 Å². The molecule has 1 aromatic heterocycles. The molecule has 0 spiro atoms. The third-order valence-electron chi connectivity index (χ3n) is 4.18. The van der Waals surface area contributed by atoms with E-state index in [-0.39, 0.29) is 5.41 Å². The molecule has 0 bridgehead atoms. The maximum Gasteiger partial charge on any atom is 0.0559 e. The number of hydrogen-bond acceptors (Lipinski definition) is 1. The predicted molar refractivity (Wildman–Crippen MR) is 86.1 cm³/mol. The number of aromatic nitrogens is 1. The fraction of sp³-hybridized carbons (Fsp3) is 0.294. The molecule has 0 atom stereocenters. The number of para-hydroxylation sites is 1. The molecule has 0 aliphatic carbocycles. The van der Waals surface area contributed by atoms with Gasteiger partial charge in [0.15, 0.2) is 0 Å². The number of nitrogens with zero attached hydrogens (tertiary/aromatic N) is 1. The van der Waals surface area contributed by atoms with E-state index in [1.54, 1.807) is 0 Å². The number of ether oxygens (including phenoxy) is 1. The molecule has 4 rings (SSSR count). The Labute approximate surface area is 126 Å². The van der Waals surface area contributed by atoms with Crippen LogP contribution in [-0.2, 0) is 11.3 Å². The molecule has 1 aliphatic heterocycles. The van der Waals surface area contributed by atoms with E-state index in [1.807, 2.05) is 0 Å². The molecule has 20 heavy (non-hydrogen) atoms. The molecule has 1 fully saturated rings. The van der Waals surface area contributed by atoms with Crippen molar-refractivity contribution < 1.29 is 4.74 Å². The molecule has 1 aliphatic rings. The highest BCUT2D eigenvalue weighted by Crippen LogP contribution is 2.35. The molecule has 2 heterocycles. The molecule has 0 unspecified atom stereocenters. The molecule has 2 aromatic carbocycles. The molecular weight excluding hydrogens is 314 g/mol. The van der Waals surface area contributed by atoms with E-state index in [0.29, 0.717) is 0 Å².